The molecule has 2 aromatic heterocycles. The van der Waals surface area contributed by atoms with Crippen LogP contribution in [0.1, 0.15) is 12.8 Å². The molecule has 90 valence electrons. The molecule has 0 radical (unpaired) electrons. The fraction of sp³-hybridized carbons (Fsp3) is 0.500. The number of anilines is 1. The molecule has 1 fully saturated rings. The van der Waals surface area contributed by atoms with Crippen LogP contribution in [-0.4, -0.2) is 39.3 Å². The minimum Gasteiger partial charge on any atom is -0.394 e. The lowest BCUT2D eigenvalue weighted by molar-refractivity contribution is 0.266. The first kappa shape index (κ1) is 11.1. The molecule has 0 saturated carbocycles. The SMILES string of the molecule is OC[C@@H]1CCCN1c1nc(Cl)nc2scnc12. The number of fused-ring (bicyclic) bond motifs is 1. The van der Waals surface area contributed by atoms with Crippen LogP contribution >= 0.6 is 22.9 Å². The molecule has 1 aliphatic rings. The zero-order valence-electron chi connectivity index (χ0n) is 9.01. The van der Waals surface area contributed by atoms with Gasteiger partial charge in [-0.2, -0.15) is 4.98 Å². The highest BCUT2D eigenvalue weighted by atomic mass is 35.5. The van der Waals surface area contributed by atoms with Gasteiger partial charge in [0.25, 0.3) is 0 Å². The van der Waals surface area contributed by atoms with Gasteiger partial charge in [-0.05, 0) is 24.4 Å². The standard InChI is InChI=1S/C10H11ClN4OS/c11-10-13-8(7-9(14-10)17-5-12-7)15-3-1-2-6(15)4-16/h5-6,16H,1-4H2/t6-/m0/s1. The average Bonchev–Trinajstić information content (AvgIpc) is 2.95. The number of aromatic nitrogens is 3. The maximum Gasteiger partial charge on any atom is 0.225 e. The van der Waals surface area contributed by atoms with E-state index >= 15 is 0 Å². The van der Waals surface area contributed by atoms with E-state index in [1.807, 2.05) is 0 Å². The second kappa shape index (κ2) is 4.36. The topological polar surface area (TPSA) is 62.1 Å². The van der Waals surface area contributed by atoms with Crippen molar-refractivity contribution < 1.29 is 5.11 Å². The molecule has 0 bridgehead atoms. The van der Waals surface area contributed by atoms with Gasteiger partial charge in [-0.25, -0.2) is 9.97 Å². The molecule has 0 unspecified atom stereocenters. The molecule has 2 aromatic rings. The molecule has 0 aromatic carbocycles. The Kier molecular flexibility index (Phi) is 2.85. The number of hydrogen-bond acceptors (Lipinski definition) is 6. The van der Waals surface area contributed by atoms with Gasteiger partial charge >= 0.3 is 0 Å². The highest BCUT2D eigenvalue weighted by Crippen LogP contribution is 2.31. The van der Waals surface area contributed by atoms with E-state index in [-0.39, 0.29) is 17.9 Å². The Hall–Kier alpha value is -0.980. The van der Waals surface area contributed by atoms with E-state index in [1.165, 1.54) is 11.3 Å². The second-order valence-corrected chi connectivity index (χ2v) is 5.17. The first-order valence-electron chi connectivity index (χ1n) is 5.44. The van der Waals surface area contributed by atoms with E-state index in [4.69, 9.17) is 11.6 Å². The van der Waals surface area contributed by atoms with E-state index in [0.29, 0.717) is 0 Å². The number of aliphatic hydroxyl groups excluding tert-OH is 1. The number of nitrogens with zero attached hydrogens (tertiary/aromatic N) is 4. The second-order valence-electron chi connectivity index (χ2n) is 3.99. The van der Waals surface area contributed by atoms with E-state index in [1.54, 1.807) is 5.51 Å². The predicted octanol–water partition coefficient (Wildman–Crippen LogP) is 1.70. The Bertz CT molecular complexity index is 546. The fourth-order valence-corrected chi connectivity index (χ4v) is 3.09. The lowest BCUT2D eigenvalue weighted by Gasteiger charge is -2.24. The van der Waals surface area contributed by atoms with Crippen LogP contribution in [-0.2, 0) is 0 Å². The van der Waals surface area contributed by atoms with Crippen LogP contribution in [0.25, 0.3) is 10.3 Å². The molecule has 3 heterocycles. The van der Waals surface area contributed by atoms with Crippen molar-refractivity contribution in [1.82, 2.24) is 15.0 Å². The Balaban J connectivity index is 2.12. The molecule has 3 rings (SSSR count). The minimum absolute atomic E-state index is 0.117. The molecule has 7 heteroatoms. The van der Waals surface area contributed by atoms with Crippen molar-refractivity contribution in [3.05, 3.63) is 10.8 Å². The van der Waals surface area contributed by atoms with Crippen molar-refractivity contribution in [3.63, 3.8) is 0 Å². The van der Waals surface area contributed by atoms with E-state index in [9.17, 15) is 5.11 Å². The van der Waals surface area contributed by atoms with Crippen LogP contribution < -0.4 is 4.90 Å². The van der Waals surface area contributed by atoms with Gasteiger partial charge in [0.05, 0.1) is 18.2 Å². The molecule has 0 spiro atoms. The van der Waals surface area contributed by atoms with Crippen LogP contribution in [0.2, 0.25) is 5.28 Å². The van der Waals surface area contributed by atoms with Gasteiger partial charge in [-0.15, -0.1) is 11.3 Å². The maximum atomic E-state index is 9.35. The van der Waals surface area contributed by atoms with Gasteiger partial charge in [0, 0.05) is 6.54 Å². The summed E-state index contributed by atoms with van der Waals surface area (Å²) in [6, 6.07) is 0.117. The van der Waals surface area contributed by atoms with Gasteiger partial charge in [-0.1, -0.05) is 0 Å². The first-order valence-corrected chi connectivity index (χ1v) is 6.69. The van der Waals surface area contributed by atoms with Crippen molar-refractivity contribution in [2.75, 3.05) is 18.1 Å². The quantitative estimate of drug-likeness (QED) is 0.842. The third-order valence-corrected chi connectivity index (χ3v) is 3.90. The van der Waals surface area contributed by atoms with Crippen molar-refractivity contribution in [2.45, 2.75) is 18.9 Å². The third-order valence-electron chi connectivity index (χ3n) is 3.01. The lowest BCUT2D eigenvalue weighted by Crippen LogP contribution is -2.33. The summed E-state index contributed by atoms with van der Waals surface area (Å²) in [5.74, 6) is 0.748. The van der Waals surface area contributed by atoms with Crippen molar-refractivity contribution in [1.29, 1.82) is 0 Å². The average molecular weight is 271 g/mol. The van der Waals surface area contributed by atoms with Crippen LogP contribution in [0.4, 0.5) is 5.82 Å². The normalized spacial score (nSPS) is 20.4. The molecule has 1 saturated heterocycles. The summed E-state index contributed by atoms with van der Waals surface area (Å²) in [5.41, 5.74) is 2.52. The largest absolute Gasteiger partial charge is 0.394 e. The first-order chi connectivity index (χ1) is 8.29. The lowest BCUT2D eigenvalue weighted by atomic mass is 10.2. The zero-order valence-corrected chi connectivity index (χ0v) is 10.6. The Labute approximate surface area is 107 Å². The van der Waals surface area contributed by atoms with Crippen molar-refractivity contribution >= 4 is 39.1 Å². The minimum atomic E-state index is 0.117. The van der Waals surface area contributed by atoms with Gasteiger partial charge in [0.1, 0.15) is 5.52 Å². The van der Waals surface area contributed by atoms with Crippen molar-refractivity contribution in [3.8, 4) is 0 Å². The molecule has 5 nitrogen and oxygen atoms in total. The summed E-state index contributed by atoms with van der Waals surface area (Å²) in [7, 11) is 0. The number of hydrogen-bond donors (Lipinski definition) is 1. The van der Waals surface area contributed by atoms with E-state index < -0.39 is 0 Å². The predicted molar refractivity (Wildman–Crippen MR) is 67.7 cm³/mol. The summed E-state index contributed by atoms with van der Waals surface area (Å²) in [6.45, 7) is 1.01. The molecule has 1 N–H and O–H groups in total. The summed E-state index contributed by atoms with van der Waals surface area (Å²) in [4.78, 5) is 15.6. The number of thiazole rings is 1. The van der Waals surface area contributed by atoms with Crippen LogP contribution in [0.3, 0.4) is 0 Å². The summed E-state index contributed by atoms with van der Waals surface area (Å²) in [6.07, 6.45) is 2.03. The Morgan fingerprint density at radius 3 is 3.24 bits per heavy atom. The molecule has 17 heavy (non-hydrogen) atoms. The number of halogens is 1. The monoisotopic (exact) mass is 270 g/mol. The molecular formula is C10H11ClN4OS. The smallest absolute Gasteiger partial charge is 0.225 e. The van der Waals surface area contributed by atoms with Crippen molar-refractivity contribution in [2.24, 2.45) is 0 Å². The fourth-order valence-electron chi connectivity index (χ4n) is 2.23. The van der Waals surface area contributed by atoms with Crippen LogP contribution in [0.15, 0.2) is 5.51 Å². The molecule has 0 aliphatic carbocycles. The third kappa shape index (κ3) is 1.86. The summed E-state index contributed by atoms with van der Waals surface area (Å²) >= 11 is 7.37. The highest BCUT2D eigenvalue weighted by Gasteiger charge is 2.27. The van der Waals surface area contributed by atoms with Crippen LogP contribution in [0.5, 0.6) is 0 Å². The number of aliphatic hydroxyl groups is 1. The van der Waals surface area contributed by atoms with Gasteiger partial charge < -0.3 is 10.0 Å². The summed E-state index contributed by atoms with van der Waals surface area (Å²) in [5, 5.41) is 9.59. The maximum absolute atomic E-state index is 9.35. The Morgan fingerprint density at radius 1 is 1.53 bits per heavy atom. The highest BCUT2D eigenvalue weighted by molar-refractivity contribution is 7.16. The van der Waals surface area contributed by atoms with Crippen LogP contribution in [0, 0.1) is 0 Å². The summed E-state index contributed by atoms with van der Waals surface area (Å²) < 4.78 is 0. The van der Waals surface area contributed by atoms with Gasteiger partial charge in [0.2, 0.25) is 5.28 Å². The number of rotatable bonds is 2. The zero-order chi connectivity index (χ0) is 11.8. The van der Waals surface area contributed by atoms with E-state index in [0.717, 1.165) is 35.6 Å². The Morgan fingerprint density at radius 2 is 2.41 bits per heavy atom. The molecular weight excluding hydrogens is 260 g/mol. The molecule has 0 amide bonds. The molecule has 1 atom stereocenters. The van der Waals surface area contributed by atoms with E-state index in [2.05, 4.69) is 19.9 Å². The van der Waals surface area contributed by atoms with Gasteiger partial charge in [0.15, 0.2) is 10.6 Å². The molecule has 1 aliphatic heterocycles. The van der Waals surface area contributed by atoms with Gasteiger partial charge in [-0.3, -0.25) is 0 Å².